The molecule has 1 unspecified atom stereocenters. The first-order valence-corrected chi connectivity index (χ1v) is 5.21. The van der Waals surface area contributed by atoms with E-state index in [9.17, 15) is 0 Å². The van der Waals surface area contributed by atoms with E-state index in [0.717, 1.165) is 12.4 Å². The van der Waals surface area contributed by atoms with Gasteiger partial charge < -0.3 is 4.90 Å². The van der Waals surface area contributed by atoms with Crippen molar-refractivity contribution < 1.29 is 0 Å². The zero-order valence-corrected chi connectivity index (χ0v) is 9.62. The molecule has 3 nitrogen and oxygen atoms in total. The maximum atomic E-state index is 5.66. The Balaban J connectivity index is 2.60. The van der Waals surface area contributed by atoms with Crippen molar-refractivity contribution >= 4 is 17.4 Å². The predicted octanol–water partition coefficient (Wildman–Crippen LogP) is 2.61. The normalized spacial score (nSPS) is 12.6. The van der Waals surface area contributed by atoms with E-state index in [4.69, 9.17) is 11.6 Å². The fourth-order valence-electron chi connectivity index (χ4n) is 1.20. The number of halogens is 1. The lowest BCUT2D eigenvalue weighted by Crippen LogP contribution is -2.24. The first-order valence-electron chi connectivity index (χ1n) is 4.83. The van der Waals surface area contributed by atoms with Crippen LogP contribution in [-0.2, 0) is 0 Å². The zero-order chi connectivity index (χ0) is 10.6. The second-order valence-electron chi connectivity index (χ2n) is 3.61. The minimum atomic E-state index is 0.436. The van der Waals surface area contributed by atoms with Gasteiger partial charge in [0.05, 0.1) is 0 Å². The number of aromatic nitrogens is 2. The van der Waals surface area contributed by atoms with Crippen LogP contribution < -0.4 is 4.90 Å². The van der Waals surface area contributed by atoms with Crippen LogP contribution in [0.5, 0.6) is 0 Å². The van der Waals surface area contributed by atoms with Gasteiger partial charge in [-0.25, -0.2) is 0 Å². The van der Waals surface area contributed by atoms with Gasteiger partial charge in [0, 0.05) is 13.6 Å². The molecule has 1 heterocycles. The molecule has 0 amide bonds. The zero-order valence-electron chi connectivity index (χ0n) is 8.87. The Bertz CT molecular complexity index is 273. The van der Waals surface area contributed by atoms with Gasteiger partial charge in [0.2, 0.25) is 0 Å². The Labute approximate surface area is 90.1 Å². The lowest BCUT2D eigenvalue weighted by molar-refractivity contribution is 0.556. The van der Waals surface area contributed by atoms with E-state index in [0.29, 0.717) is 11.1 Å². The molecular weight excluding hydrogens is 198 g/mol. The summed E-state index contributed by atoms with van der Waals surface area (Å²) >= 11 is 5.66. The first-order chi connectivity index (χ1) is 6.63. The van der Waals surface area contributed by atoms with Crippen molar-refractivity contribution in [3.8, 4) is 0 Å². The molecule has 0 bridgehead atoms. The molecule has 0 N–H and O–H groups in total. The monoisotopic (exact) mass is 213 g/mol. The molecule has 0 aliphatic carbocycles. The Morgan fingerprint density at radius 2 is 2.14 bits per heavy atom. The summed E-state index contributed by atoms with van der Waals surface area (Å²) in [4.78, 5) is 2.09. The smallest absolute Gasteiger partial charge is 0.151 e. The summed E-state index contributed by atoms with van der Waals surface area (Å²) in [5.74, 6) is 1.53. The first kappa shape index (κ1) is 11.2. The largest absolute Gasteiger partial charge is 0.358 e. The van der Waals surface area contributed by atoms with E-state index >= 15 is 0 Å². The summed E-state index contributed by atoms with van der Waals surface area (Å²) < 4.78 is 0. The summed E-state index contributed by atoms with van der Waals surface area (Å²) in [6.45, 7) is 5.40. The van der Waals surface area contributed by atoms with Gasteiger partial charge in [0.25, 0.3) is 0 Å². The van der Waals surface area contributed by atoms with Crippen molar-refractivity contribution in [1.82, 2.24) is 10.2 Å². The van der Waals surface area contributed by atoms with E-state index in [1.807, 2.05) is 13.1 Å². The van der Waals surface area contributed by atoms with E-state index in [2.05, 4.69) is 28.9 Å². The molecule has 0 saturated carbocycles. The van der Waals surface area contributed by atoms with Crippen LogP contribution in [0.25, 0.3) is 0 Å². The number of hydrogen-bond acceptors (Lipinski definition) is 3. The lowest BCUT2D eigenvalue weighted by Gasteiger charge is -2.20. The van der Waals surface area contributed by atoms with Gasteiger partial charge in [-0.15, -0.1) is 10.2 Å². The van der Waals surface area contributed by atoms with Crippen LogP contribution in [0.1, 0.15) is 20.3 Å². The molecule has 1 aromatic heterocycles. The lowest BCUT2D eigenvalue weighted by atomic mass is 10.1. The van der Waals surface area contributed by atoms with E-state index in [-0.39, 0.29) is 0 Å². The van der Waals surface area contributed by atoms with Crippen molar-refractivity contribution in [3.05, 3.63) is 17.3 Å². The van der Waals surface area contributed by atoms with Gasteiger partial charge in [0.15, 0.2) is 11.0 Å². The quantitative estimate of drug-likeness (QED) is 0.770. The van der Waals surface area contributed by atoms with Gasteiger partial charge in [-0.3, -0.25) is 0 Å². The molecule has 1 atom stereocenters. The van der Waals surface area contributed by atoms with Crippen molar-refractivity contribution in [1.29, 1.82) is 0 Å². The van der Waals surface area contributed by atoms with E-state index in [1.165, 1.54) is 6.42 Å². The highest BCUT2D eigenvalue weighted by Crippen LogP contribution is 2.12. The minimum absolute atomic E-state index is 0.436. The van der Waals surface area contributed by atoms with Crippen LogP contribution in [0.3, 0.4) is 0 Å². The molecule has 0 saturated heterocycles. The van der Waals surface area contributed by atoms with Crippen molar-refractivity contribution in [2.45, 2.75) is 20.3 Å². The fourth-order valence-corrected chi connectivity index (χ4v) is 1.30. The summed E-state index contributed by atoms with van der Waals surface area (Å²) in [5.41, 5.74) is 0. The third-order valence-electron chi connectivity index (χ3n) is 2.29. The number of nitrogens with zero attached hydrogens (tertiary/aromatic N) is 3. The maximum absolute atomic E-state index is 5.66. The average molecular weight is 214 g/mol. The average Bonchev–Trinajstić information content (AvgIpc) is 2.18. The van der Waals surface area contributed by atoms with E-state index < -0.39 is 0 Å². The Kier molecular flexibility index (Phi) is 4.14. The van der Waals surface area contributed by atoms with Crippen LogP contribution in [0.15, 0.2) is 12.1 Å². The molecule has 0 aromatic carbocycles. The molecule has 1 aromatic rings. The third-order valence-corrected chi connectivity index (χ3v) is 2.49. The maximum Gasteiger partial charge on any atom is 0.151 e. The van der Waals surface area contributed by atoms with Gasteiger partial charge in [-0.2, -0.15) is 0 Å². The highest BCUT2D eigenvalue weighted by Gasteiger charge is 2.06. The standard InChI is InChI=1S/C10H16ClN3/c1-4-8(2)7-14(3)10-6-5-9(11)12-13-10/h5-6,8H,4,7H2,1-3H3. The molecule has 0 aliphatic rings. The van der Waals surface area contributed by atoms with Gasteiger partial charge in [-0.05, 0) is 18.1 Å². The molecule has 78 valence electrons. The fraction of sp³-hybridized carbons (Fsp3) is 0.600. The van der Waals surface area contributed by atoms with Gasteiger partial charge in [-0.1, -0.05) is 31.9 Å². The molecular formula is C10H16ClN3. The van der Waals surface area contributed by atoms with Crippen molar-refractivity contribution in [2.75, 3.05) is 18.5 Å². The van der Waals surface area contributed by atoms with Crippen molar-refractivity contribution in [2.24, 2.45) is 5.92 Å². The highest BCUT2D eigenvalue weighted by atomic mass is 35.5. The second kappa shape index (κ2) is 5.15. The Morgan fingerprint density at radius 3 is 2.64 bits per heavy atom. The topological polar surface area (TPSA) is 29.0 Å². The summed E-state index contributed by atoms with van der Waals surface area (Å²) in [6, 6.07) is 3.65. The Hall–Kier alpha value is -0.830. The summed E-state index contributed by atoms with van der Waals surface area (Å²) in [5, 5.41) is 8.25. The number of anilines is 1. The van der Waals surface area contributed by atoms with Crippen LogP contribution in [-0.4, -0.2) is 23.8 Å². The van der Waals surface area contributed by atoms with Crippen LogP contribution in [0.2, 0.25) is 5.15 Å². The molecule has 0 radical (unpaired) electrons. The number of rotatable bonds is 4. The second-order valence-corrected chi connectivity index (χ2v) is 4.00. The van der Waals surface area contributed by atoms with Crippen molar-refractivity contribution in [3.63, 3.8) is 0 Å². The van der Waals surface area contributed by atoms with Gasteiger partial charge >= 0.3 is 0 Å². The molecule has 0 fully saturated rings. The molecule has 0 spiro atoms. The molecule has 0 aliphatic heterocycles. The summed E-state index contributed by atoms with van der Waals surface area (Å²) in [6.07, 6.45) is 1.17. The Morgan fingerprint density at radius 1 is 1.43 bits per heavy atom. The summed E-state index contributed by atoms with van der Waals surface area (Å²) in [7, 11) is 2.02. The number of hydrogen-bond donors (Lipinski definition) is 0. The highest BCUT2D eigenvalue weighted by molar-refractivity contribution is 6.29. The van der Waals surface area contributed by atoms with Crippen LogP contribution >= 0.6 is 11.6 Å². The van der Waals surface area contributed by atoms with E-state index in [1.54, 1.807) is 6.07 Å². The minimum Gasteiger partial charge on any atom is -0.358 e. The third kappa shape index (κ3) is 3.14. The molecule has 1 rings (SSSR count). The van der Waals surface area contributed by atoms with Crippen LogP contribution in [0.4, 0.5) is 5.82 Å². The predicted molar refractivity (Wildman–Crippen MR) is 59.8 cm³/mol. The molecule has 4 heteroatoms. The SMILES string of the molecule is CCC(C)CN(C)c1ccc(Cl)nn1. The van der Waals surface area contributed by atoms with Crippen LogP contribution in [0, 0.1) is 5.92 Å². The van der Waals surface area contributed by atoms with Gasteiger partial charge in [0.1, 0.15) is 0 Å². The molecule has 14 heavy (non-hydrogen) atoms.